The first-order valence-electron chi connectivity index (χ1n) is 6.72. The number of hydrogen-bond donors (Lipinski definition) is 1. The van der Waals surface area contributed by atoms with E-state index >= 15 is 0 Å². The van der Waals surface area contributed by atoms with E-state index in [0.29, 0.717) is 22.6 Å². The lowest BCUT2D eigenvalue weighted by molar-refractivity contribution is -0.138. The van der Waals surface area contributed by atoms with E-state index in [1.54, 1.807) is 19.2 Å². The third-order valence-corrected chi connectivity index (χ3v) is 4.88. The lowest BCUT2D eigenvalue weighted by Crippen LogP contribution is -2.15. The smallest absolute Gasteiger partial charge is 0.382 e. The Bertz CT molecular complexity index is 649. The zero-order chi connectivity index (χ0) is 16.5. The fraction of sp³-hybridized carbons (Fsp3) is 0.312. The van der Waals surface area contributed by atoms with Crippen molar-refractivity contribution in [2.45, 2.75) is 24.8 Å². The number of thioether (sulfide) groups is 1. The Morgan fingerprint density at radius 3 is 2.64 bits per heavy atom. The number of rotatable bonds is 4. The molecule has 1 unspecified atom stereocenters. The van der Waals surface area contributed by atoms with Crippen molar-refractivity contribution in [2.24, 2.45) is 0 Å². The van der Waals surface area contributed by atoms with Gasteiger partial charge in [0, 0.05) is 7.05 Å². The van der Waals surface area contributed by atoms with E-state index in [-0.39, 0.29) is 16.6 Å². The third kappa shape index (κ3) is 2.92. The highest BCUT2D eigenvalue weighted by atomic mass is 32.2. The van der Waals surface area contributed by atoms with E-state index in [1.165, 1.54) is 24.8 Å². The molecule has 0 aromatic heterocycles. The molecule has 2 nitrogen and oxygen atoms in total. The quantitative estimate of drug-likeness (QED) is 0.842. The monoisotopic (exact) mass is 327 g/mol. The van der Waals surface area contributed by atoms with E-state index in [9.17, 15) is 18.0 Å². The zero-order valence-electron chi connectivity index (χ0n) is 12.3. The third-order valence-electron chi connectivity index (χ3n) is 3.54. The number of ketones is 1. The summed E-state index contributed by atoms with van der Waals surface area (Å²) in [4.78, 5) is 12.5. The number of alkyl halides is 3. The summed E-state index contributed by atoms with van der Waals surface area (Å²) >= 11 is 1.33. The summed E-state index contributed by atoms with van der Waals surface area (Å²) in [6.45, 7) is 5.02. The van der Waals surface area contributed by atoms with Gasteiger partial charge < -0.3 is 5.32 Å². The molecule has 0 saturated carbocycles. The highest BCUT2D eigenvalue weighted by molar-refractivity contribution is 8.05. The first-order chi connectivity index (χ1) is 10.3. The largest absolute Gasteiger partial charge is 0.416 e. The van der Waals surface area contributed by atoms with Gasteiger partial charge in [0.2, 0.25) is 0 Å². The van der Waals surface area contributed by atoms with Crippen molar-refractivity contribution in [1.29, 1.82) is 0 Å². The SMILES string of the molecule is C=CCC1SC(NC)=C(c2cccc(C(F)(F)F)c2C)C1=O. The molecule has 1 aromatic rings. The molecule has 0 aliphatic carbocycles. The predicted molar refractivity (Wildman–Crippen MR) is 83.4 cm³/mol. The van der Waals surface area contributed by atoms with Crippen LogP contribution in [0.4, 0.5) is 13.2 Å². The minimum Gasteiger partial charge on any atom is -0.382 e. The van der Waals surface area contributed by atoms with E-state index in [1.807, 2.05) is 0 Å². The van der Waals surface area contributed by atoms with Gasteiger partial charge in [0.1, 0.15) is 0 Å². The van der Waals surface area contributed by atoms with Crippen LogP contribution in [0, 0.1) is 6.92 Å². The predicted octanol–water partition coefficient (Wildman–Crippen LogP) is 4.16. The second-order valence-electron chi connectivity index (χ2n) is 4.93. The summed E-state index contributed by atoms with van der Waals surface area (Å²) in [5.41, 5.74) is 0.0371. The number of Topliss-reactive ketones (excluding diaryl/α,β-unsaturated/α-hetero) is 1. The Morgan fingerprint density at radius 2 is 2.09 bits per heavy atom. The van der Waals surface area contributed by atoms with Gasteiger partial charge in [0.05, 0.1) is 21.4 Å². The maximum atomic E-state index is 13.1. The summed E-state index contributed by atoms with van der Waals surface area (Å²) in [5.74, 6) is -0.156. The number of allylic oxidation sites excluding steroid dienone is 2. The Labute approximate surface area is 131 Å². The summed E-state index contributed by atoms with van der Waals surface area (Å²) in [6, 6.07) is 3.93. The minimum atomic E-state index is -4.43. The Balaban J connectivity index is 2.55. The molecule has 0 radical (unpaired) electrons. The molecule has 0 spiro atoms. The molecule has 1 aromatic carbocycles. The van der Waals surface area contributed by atoms with E-state index in [2.05, 4.69) is 11.9 Å². The summed E-state index contributed by atoms with van der Waals surface area (Å²) in [7, 11) is 1.66. The summed E-state index contributed by atoms with van der Waals surface area (Å²) in [5, 5.41) is 3.20. The van der Waals surface area contributed by atoms with E-state index in [4.69, 9.17) is 0 Å². The molecule has 6 heteroatoms. The van der Waals surface area contributed by atoms with Gasteiger partial charge in [-0.25, -0.2) is 0 Å². The van der Waals surface area contributed by atoms with Crippen molar-refractivity contribution >= 4 is 23.1 Å². The van der Waals surface area contributed by atoms with Crippen LogP contribution < -0.4 is 5.32 Å². The molecule has 0 saturated heterocycles. The topological polar surface area (TPSA) is 29.1 Å². The number of hydrogen-bond acceptors (Lipinski definition) is 3. The molecular weight excluding hydrogens is 311 g/mol. The fourth-order valence-electron chi connectivity index (χ4n) is 2.49. The fourth-order valence-corrected chi connectivity index (χ4v) is 3.67. The molecule has 0 bridgehead atoms. The normalized spacial score (nSPS) is 18.8. The van der Waals surface area contributed by atoms with Crippen LogP contribution in [0.3, 0.4) is 0 Å². The Kier molecular flexibility index (Phi) is 4.70. The van der Waals surface area contributed by atoms with Gasteiger partial charge in [0.25, 0.3) is 0 Å². The molecule has 2 rings (SSSR count). The molecule has 0 fully saturated rings. The molecule has 1 aliphatic heterocycles. The molecule has 1 heterocycles. The van der Waals surface area contributed by atoms with Crippen LogP contribution in [0.5, 0.6) is 0 Å². The number of carbonyl (C=O) groups excluding carboxylic acids is 1. The van der Waals surface area contributed by atoms with Gasteiger partial charge in [-0.05, 0) is 30.5 Å². The second-order valence-corrected chi connectivity index (χ2v) is 6.14. The lowest BCUT2D eigenvalue weighted by Gasteiger charge is -2.15. The Morgan fingerprint density at radius 1 is 1.41 bits per heavy atom. The standard InChI is InChI=1S/C16H16F3NOS/c1-4-6-12-14(21)13(15(20-3)22-12)10-7-5-8-11(9(10)2)16(17,18)19/h4-5,7-8,12,20H,1,6H2,2-3H3. The van der Waals surface area contributed by atoms with Crippen LogP contribution in [0.1, 0.15) is 23.1 Å². The average molecular weight is 327 g/mol. The highest BCUT2D eigenvalue weighted by Gasteiger charge is 2.37. The summed E-state index contributed by atoms with van der Waals surface area (Å²) in [6.07, 6.45) is -2.31. The maximum absolute atomic E-state index is 13.1. The molecule has 22 heavy (non-hydrogen) atoms. The number of nitrogens with one attached hydrogen (secondary N) is 1. The van der Waals surface area contributed by atoms with Crippen LogP contribution in [-0.4, -0.2) is 18.1 Å². The van der Waals surface area contributed by atoms with Crippen LogP contribution in [0.25, 0.3) is 5.57 Å². The van der Waals surface area contributed by atoms with Crippen molar-refractivity contribution in [3.63, 3.8) is 0 Å². The molecule has 118 valence electrons. The maximum Gasteiger partial charge on any atom is 0.416 e. The lowest BCUT2D eigenvalue weighted by atomic mass is 9.92. The zero-order valence-corrected chi connectivity index (χ0v) is 13.1. The number of halogens is 3. The molecule has 1 atom stereocenters. The number of benzene rings is 1. The van der Waals surface area contributed by atoms with Gasteiger partial charge in [-0.15, -0.1) is 6.58 Å². The number of carbonyl (C=O) groups is 1. The highest BCUT2D eigenvalue weighted by Crippen LogP contribution is 2.43. The van der Waals surface area contributed by atoms with E-state index < -0.39 is 11.7 Å². The Hall–Kier alpha value is -1.69. The van der Waals surface area contributed by atoms with E-state index in [0.717, 1.165) is 6.07 Å². The van der Waals surface area contributed by atoms with Crippen molar-refractivity contribution in [3.05, 3.63) is 52.6 Å². The molecule has 1 N–H and O–H groups in total. The van der Waals surface area contributed by atoms with Crippen molar-refractivity contribution in [2.75, 3.05) is 7.05 Å². The van der Waals surface area contributed by atoms with Crippen molar-refractivity contribution in [3.8, 4) is 0 Å². The minimum absolute atomic E-state index is 0.0750. The van der Waals surface area contributed by atoms with Crippen molar-refractivity contribution in [1.82, 2.24) is 5.32 Å². The first-order valence-corrected chi connectivity index (χ1v) is 7.60. The van der Waals surface area contributed by atoms with Crippen LogP contribution in [0.15, 0.2) is 35.9 Å². The van der Waals surface area contributed by atoms with Gasteiger partial charge in [-0.3, -0.25) is 4.79 Å². The molecule has 0 amide bonds. The van der Waals surface area contributed by atoms with Gasteiger partial charge in [-0.1, -0.05) is 30.0 Å². The molecular formula is C16H16F3NOS. The van der Waals surface area contributed by atoms with Crippen LogP contribution in [0.2, 0.25) is 0 Å². The summed E-state index contributed by atoms with van der Waals surface area (Å²) < 4.78 is 39.2. The van der Waals surface area contributed by atoms with Gasteiger partial charge in [0.15, 0.2) is 5.78 Å². The van der Waals surface area contributed by atoms with Crippen molar-refractivity contribution < 1.29 is 18.0 Å². The average Bonchev–Trinajstić information content (AvgIpc) is 2.75. The van der Waals surface area contributed by atoms with Crippen LogP contribution >= 0.6 is 11.8 Å². The second kappa shape index (κ2) is 6.20. The first kappa shape index (κ1) is 16.7. The van der Waals surface area contributed by atoms with Crippen LogP contribution in [-0.2, 0) is 11.0 Å². The van der Waals surface area contributed by atoms with Gasteiger partial charge in [-0.2, -0.15) is 13.2 Å². The van der Waals surface area contributed by atoms with Gasteiger partial charge >= 0.3 is 6.18 Å². The molecule has 1 aliphatic rings.